The molecular formula is C17H30ClN3O2. The number of piperidine rings is 1. The fourth-order valence-electron chi connectivity index (χ4n) is 4.38. The Morgan fingerprint density at radius 3 is 2.48 bits per heavy atom. The van der Waals surface area contributed by atoms with E-state index in [0.717, 1.165) is 44.8 Å². The smallest absolute Gasteiger partial charge is 0.239 e. The molecule has 1 saturated carbocycles. The molecule has 2 N–H and O–H groups in total. The highest BCUT2D eigenvalue weighted by molar-refractivity contribution is 5.85. The Bertz CT molecular complexity index is 410. The first-order chi connectivity index (χ1) is 10.6. The molecule has 1 aliphatic carbocycles. The van der Waals surface area contributed by atoms with E-state index in [4.69, 9.17) is 0 Å². The summed E-state index contributed by atoms with van der Waals surface area (Å²) >= 11 is 0. The molecule has 6 heteroatoms. The van der Waals surface area contributed by atoms with Crippen molar-refractivity contribution in [3.8, 4) is 0 Å². The van der Waals surface area contributed by atoms with Gasteiger partial charge in [-0.15, -0.1) is 12.4 Å². The number of likely N-dealkylation sites (tertiary alicyclic amines) is 1. The van der Waals surface area contributed by atoms with Gasteiger partial charge in [0.05, 0.1) is 6.04 Å². The normalized spacial score (nSPS) is 31.2. The number of rotatable bonds is 3. The SMILES string of the molecule is CC(=O)NCC1CCN(C(=O)C2CC3CCCCC3N2)CC1.Cl. The number of amides is 2. The maximum Gasteiger partial charge on any atom is 0.239 e. The van der Waals surface area contributed by atoms with E-state index >= 15 is 0 Å². The average molecular weight is 344 g/mol. The van der Waals surface area contributed by atoms with E-state index in [-0.39, 0.29) is 24.4 Å². The van der Waals surface area contributed by atoms with Gasteiger partial charge in [0.2, 0.25) is 11.8 Å². The van der Waals surface area contributed by atoms with Crippen LogP contribution in [-0.4, -0.2) is 48.4 Å². The van der Waals surface area contributed by atoms with Crippen LogP contribution < -0.4 is 10.6 Å². The third-order valence-corrected chi connectivity index (χ3v) is 5.73. The van der Waals surface area contributed by atoms with Crippen molar-refractivity contribution in [1.82, 2.24) is 15.5 Å². The van der Waals surface area contributed by atoms with Crippen molar-refractivity contribution >= 4 is 24.2 Å². The lowest BCUT2D eigenvalue weighted by molar-refractivity contribution is -0.134. The third kappa shape index (κ3) is 4.60. The summed E-state index contributed by atoms with van der Waals surface area (Å²) in [6.45, 7) is 4.00. The molecule has 0 aromatic carbocycles. The Morgan fingerprint density at radius 2 is 1.83 bits per heavy atom. The summed E-state index contributed by atoms with van der Waals surface area (Å²) in [6, 6.07) is 0.639. The van der Waals surface area contributed by atoms with Crippen molar-refractivity contribution in [1.29, 1.82) is 0 Å². The highest BCUT2D eigenvalue weighted by Crippen LogP contribution is 2.34. The summed E-state index contributed by atoms with van der Waals surface area (Å²) in [5.41, 5.74) is 0. The molecule has 3 atom stereocenters. The number of carbonyl (C=O) groups excluding carboxylic acids is 2. The number of nitrogens with one attached hydrogen (secondary N) is 2. The minimum atomic E-state index is 0. The van der Waals surface area contributed by atoms with Gasteiger partial charge in [0.15, 0.2) is 0 Å². The number of hydrogen-bond acceptors (Lipinski definition) is 3. The van der Waals surface area contributed by atoms with Crippen molar-refractivity contribution in [3.63, 3.8) is 0 Å². The number of carbonyl (C=O) groups is 2. The van der Waals surface area contributed by atoms with Gasteiger partial charge in [0.1, 0.15) is 0 Å². The Balaban J connectivity index is 0.00000192. The zero-order valence-electron chi connectivity index (χ0n) is 14.1. The fourth-order valence-corrected chi connectivity index (χ4v) is 4.38. The van der Waals surface area contributed by atoms with Crippen LogP contribution in [0.3, 0.4) is 0 Å². The molecule has 3 fully saturated rings. The molecule has 5 nitrogen and oxygen atoms in total. The lowest BCUT2D eigenvalue weighted by Crippen LogP contribution is -2.49. The first kappa shape index (κ1) is 18.5. The van der Waals surface area contributed by atoms with E-state index in [1.165, 1.54) is 25.7 Å². The fraction of sp³-hybridized carbons (Fsp3) is 0.882. The molecule has 2 saturated heterocycles. The topological polar surface area (TPSA) is 61.4 Å². The highest BCUT2D eigenvalue weighted by Gasteiger charge is 2.40. The zero-order valence-corrected chi connectivity index (χ0v) is 14.9. The second-order valence-corrected chi connectivity index (χ2v) is 7.31. The van der Waals surface area contributed by atoms with Crippen molar-refractivity contribution in [2.75, 3.05) is 19.6 Å². The van der Waals surface area contributed by atoms with E-state index < -0.39 is 0 Å². The molecular weight excluding hydrogens is 314 g/mol. The second-order valence-electron chi connectivity index (χ2n) is 7.31. The molecule has 3 unspecified atom stereocenters. The van der Waals surface area contributed by atoms with Crippen LogP contribution >= 0.6 is 12.4 Å². The molecule has 0 aromatic heterocycles. The monoisotopic (exact) mass is 343 g/mol. The van der Waals surface area contributed by atoms with Gasteiger partial charge in [0, 0.05) is 32.6 Å². The molecule has 0 radical (unpaired) electrons. The molecule has 0 spiro atoms. The average Bonchev–Trinajstić information content (AvgIpc) is 2.96. The maximum absolute atomic E-state index is 12.7. The van der Waals surface area contributed by atoms with Crippen LogP contribution in [0, 0.1) is 11.8 Å². The van der Waals surface area contributed by atoms with Gasteiger partial charge in [0.25, 0.3) is 0 Å². The molecule has 0 aromatic rings. The lowest BCUT2D eigenvalue weighted by atomic mass is 9.85. The van der Waals surface area contributed by atoms with Gasteiger partial charge >= 0.3 is 0 Å². The Hall–Kier alpha value is -0.810. The standard InChI is InChI=1S/C17H29N3O2.ClH/c1-12(21)18-11-13-6-8-20(9-7-13)17(22)16-10-14-4-2-3-5-15(14)19-16;/h13-16,19H,2-11H2,1H3,(H,18,21);1H. The van der Waals surface area contributed by atoms with Crippen LogP contribution in [-0.2, 0) is 9.59 Å². The van der Waals surface area contributed by atoms with Gasteiger partial charge < -0.3 is 15.5 Å². The van der Waals surface area contributed by atoms with E-state index in [1.54, 1.807) is 6.92 Å². The van der Waals surface area contributed by atoms with Gasteiger partial charge in [-0.25, -0.2) is 0 Å². The summed E-state index contributed by atoms with van der Waals surface area (Å²) in [7, 11) is 0. The molecule has 2 heterocycles. The third-order valence-electron chi connectivity index (χ3n) is 5.73. The number of fused-ring (bicyclic) bond motifs is 1. The van der Waals surface area contributed by atoms with E-state index in [0.29, 0.717) is 17.9 Å². The van der Waals surface area contributed by atoms with Crippen LogP contribution in [0.5, 0.6) is 0 Å². The number of nitrogens with zero attached hydrogens (tertiary/aromatic N) is 1. The first-order valence-electron chi connectivity index (χ1n) is 8.92. The minimum Gasteiger partial charge on any atom is -0.356 e. The van der Waals surface area contributed by atoms with Crippen LogP contribution in [0.4, 0.5) is 0 Å². The minimum absolute atomic E-state index is 0. The van der Waals surface area contributed by atoms with Crippen LogP contribution in [0.2, 0.25) is 0 Å². The summed E-state index contributed by atoms with van der Waals surface area (Å²) in [6.07, 6.45) is 8.22. The largest absolute Gasteiger partial charge is 0.356 e. The lowest BCUT2D eigenvalue weighted by Gasteiger charge is -2.33. The van der Waals surface area contributed by atoms with Crippen molar-refractivity contribution < 1.29 is 9.59 Å². The Kier molecular flexibility index (Phi) is 6.72. The molecule has 3 aliphatic rings. The number of hydrogen-bond donors (Lipinski definition) is 2. The predicted octanol–water partition coefficient (Wildman–Crippen LogP) is 1.70. The second kappa shape index (κ2) is 8.34. The van der Waals surface area contributed by atoms with Gasteiger partial charge in [-0.1, -0.05) is 12.8 Å². The Labute approximate surface area is 145 Å². The molecule has 2 aliphatic heterocycles. The van der Waals surface area contributed by atoms with Crippen LogP contribution in [0.15, 0.2) is 0 Å². The summed E-state index contributed by atoms with van der Waals surface area (Å²) in [5, 5.41) is 6.49. The molecule has 132 valence electrons. The van der Waals surface area contributed by atoms with E-state index in [9.17, 15) is 9.59 Å². The van der Waals surface area contributed by atoms with Crippen LogP contribution in [0.1, 0.15) is 51.9 Å². The van der Waals surface area contributed by atoms with Crippen LogP contribution in [0.25, 0.3) is 0 Å². The van der Waals surface area contributed by atoms with Gasteiger partial charge in [-0.2, -0.15) is 0 Å². The van der Waals surface area contributed by atoms with Crippen molar-refractivity contribution in [3.05, 3.63) is 0 Å². The quantitative estimate of drug-likeness (QED) is 0.820. The predicted molar refractivity (Wildman–Crippen MR) is 92.5 cm³/mol. The Morgan fingerprint density at radius 1 is 1.13 bits per heavy atom. The molecule has 0 bridgehead atoms. The molecule has 2 amide bonds. The van der Waals surface area contributed by atoms with Gasteiger partial charge in [-0.05, 0) is 43.9 Å². The summed E-state index contributed by atoms with van der Waals surface area (Å²) in [4.78, 5) is 25.7. The molecule has 23 heavy (non-hydrogen) atoms. The highest BCUT2D eigenvalue weighted by atomic mass is 35.5. The van der Waals surface area contributed by atoms with Gasteiger partial charge in [-0.3, -0.25) is 9.59 Å². The summed E-state index contributed by atoms with van der Waals surface area (Å²) in [5.74, 6) is 1.59. The van der Waals surface area contributed by atoms with E-state index in [2.05, 4.69) is 10.6 Å². The number of halogens is 1. The van der Waals surface area contributed by atoms with Crippen molar-refractivity contribution in [2.24, 2.45) is 11.8 Å². The molecule has 3 rings (SSSR count). The first-order valence-corrected chi connectivity index (χ1v) is 8.92. The zero-order chi connectivity index (χ0) is 15.5. The maximum atomic E-state index is 12.7. The van der Waals surface area contributed by atoms with Crippen molar-refractivity contribution in [2.45, 2.75) is 64.0 Å². The van der Waals surface area contributed by atoms with E-state index in [1.807, 2.05) is 4.90 Å². The summed E-state index contributed by atoms with van der Waals surface area (Å²) < 4.78 is 0.